The van der Waals surface area contributed by atoms with Crippen molar-refractivity contribution in [2.45, 2.75) is 5.22 Å². The highest BCUT2D eigenvalue weighted by atomic mass is 35.5. The monoisotopic (exact) mass is 395 g/mol. The summed E-state index contributed by atoms with van der Waals surface area (Å²) in [6.45, 7) is 0. The van der Waals surface area contributed by atoms with Crippen LogP contribution >= 0.6 is 23.4 Å². The highest BCUT2D eigenvalue weighted by Gasteiger charge is 2.13. The van der Waals surface area contributed by atoms with Gasteiger partial charge in [-0.05, 0) is 35.0 Å². The number of halogens is 1. The molecule has 1 N–H and O–H groups in total. The summed E-state index contributed by atoms with van der Waals surface area (Å²) < 4.78 is 5.59. The molecule has 0 atom stereocenters. The largest absolute Gasteiger partial charge is 0.411 e. The van der Waals surface area contributed by atoms with Crippen LogP contribution in [-0.4, -0.2) is 21.9 Å². The van der Waals surface area contributed by atoms with E-state index in [0.29, 0.717) is 21.7 Å². The quantitative estimate of drug-likeness (QED) is 0.466. The third-order valence-electron chi connectivity index (χ3n) is 3.87. The number of anilines is 1. The van der Waals surface area contributed by atoms with Crippen LogP contribution in [0.1, 0.15) is 0 Å². The second-order valence-corrected chi connectivity index (χ2v) is 7.09. The van der Waals surface area contributed by atoms with Crippen LogP contribution in [0.15, 0.2) is 76.4 Å². The molecule has 0 aliphatic rings. The molecule has 134 valence electrons. The minimum atomic E-state index is -0.146. The van der Waals surface area contributed by atoms with E-state index in [1.54, 1.807) is 12.1 Å². The number of hydrogen-bond acceptors (Lipinski definition) is 5. The predicted octanol–water partition coefficient (Wildman–Crippen LogP) is 5.27. The van der Waals surface area contributed by atoms with Gasteiger partial charge >= 0.3 is 0 Å². The van der Waals surface area contributed by atoms with Gasteiger partial charge in [-0.1, -0.05) is 65.8 Å². The minimum absolute atomic E-state index is 0.146. The van der Waals surface area contributed by atoms with Crippen molar-refractivity contribution < 1.29 is 9.21 Å². The normalized spacial score (nSPS) is 10.9. The van der Waals surface area contributed by atoms with Gasteiger partial charge in [-0.25, -0.2) is 0 Å². The third-order valence-corrected chi connectivity index (χ3v) is 5.02. The summed E-state index contributed by atoms with van der Waals surface area (Å²) in [7, 11) is 0. The summed E-state index contributed by atoms with van der Waals surface area (Å²) in [6, 6.07) is 21.0. The van der Waals surface area contributed by atoms with Crippen molar-refractivity contribution >= 4 is 45.7 Å². The maximum Gasteiger partial charge on any atom is 0.277 e. The van der Waals surface area contributed by atoms with E-state index in [2.05, 4.69) is 15.5 Å². The zero-order chi connectivity index (χ0) is 18.6. The molecule has 7 heteroatoms. The smallest absolute Gasteiger partial charge is 0.277 e. The molecular weight excluding hydrogens is 382 g/mol. The predicted molar refractivity (Wildman–Crippen MR) is 108 cm³/mol. The molecule has 5 nitrogen and oxygen atoms in total. The number of hydrogen-bond donors (Lipinski definition) is 1. The highest BCUT2D eigenvalue weighted by Crippen LogP contribution is 2.28. The first-order valence-corrected chi connectivity index (χ1v) is 9.55. The van der Waals surface area contributed by atoms with E-state index in [4.69, 9.17) is 16.0 Å². The summed E-state index contributed by atoms with van der Waals surface area (Å²) >= 11 is 7.31. The van der Waals surface area contributed by atoms with E-state index >= 15 is 0 Å². The van der Waals surface area contributed by atoms with E-state index in [0.717, 1.165) is 16.5 Å². The van der Waals surface area contributed by atoms with Crippen LogP contribution in [0.4, 0.5) is 5.69 Å². The summed E-state index contributed by atoms with van der Waals surface area (Å²) in [5.74, 6) is 0.350. The van der Waals surface area contributed by atoms with Crippen LogP contribution in [-0.2, 0) is 4.79 Å². The summed E-state index contributed by atoms with van der Waals surface area (Å²) in [4.78, 5) is 12.2. The number of carbonyl (C=O) groups excluding carboxylic acids is 1. The number of nitrogens with one attached hydrogen (secondary N) is 1. The van der Waals surface area contributed by atoms with Gasteiger partial charge in [0.25, 0.3) is 5.22 Å². The van der Waals surface area contributed by atoms with E-state index in [-0.39, 0.29) is 11.7 Å². The zero-order valence-corrected chi connectivity index (χ0v) is 15.6. The number of benzene rings is 3. The fourth-order valence-corrected chi connectivity index (χ4v) is 3.38. The lowest BCUT2D eigenvalue weighted by Gasteiger charge is -2.05. The molecule has 0 bridgehead atoms. The molecule has 4 rings (SSSR count). The molecule has 1 heterocycles. The van der Waals surface area contributed by atoms with Crippen LogP contribution in [0.3, 0.4) is 0 Å². The molecule has 1 aromatic heterocycles. The fraction of sp³-hybridized carbons (Fsp3) is 0.0500. The topological polar surface area (TPSA) is 68.0 Å². The molecule has 3 aromatic carbocycles. The van der Waals surface area contributed by atoms with Gasteiger partial charge in [-0.2, -0.15) is 0 Å². The summed E-state index contributed by atoms with van der Waals surface area (Å²) in [6.07, 6.45) is 0. The Morgan fingerprint density at radius 1 is 1.00 bits per heavy atom. The fourth-order valence-electron chi connectivity index (χ4n) is 2.60. The molecule has 0 aliphatic heterocycles. The Bertz CT molecular complexity index is 1110. The number of rotatable bonds is 5. The van der Waals surface area contributed by atoms with Crippen LogP contribution in [0.25, 0.3) is 22.2 Å². The second-order valence-electron chi connectivity index (χ2n) is 5.75. The lowest BCUT2D eigenvalue weighted by molar-refractivity contribution is -0.113. The molecule has 0 radical (unpaired) electrons. The van der Waals surface area contributed by atoms with E-state index in [1.807, 2.05) is 54.6 Å². The maximum atomic E-state index is 12.2. The molecule has 0 aliphatic carbocycles. The molecule has 4 aromatic rings. The minimum Gasteiger partial charge on any atom is -0.411 e. The molecular formula is C20H14ClN3O2S. The van der Waals surface area contributed by atoms with Crippen LogP contribution in [0.2, 0.25) is 5.02 Å². The van der Waals surface area contributed by atoms with Crippen LogP contribution in [0, 0.1) is 0 Å². The molecule has 0 saturated heterocycles. The van der Waals surface area contributed by atoms with Crippen molar-refractivity contribution in [1.82, 2.24) is 10.2 Å². The Hall–Kier alpha value is -2.83. The van der Waals surface area contributed by atoms with E-state index < -0.39 is 0 Å². The van der Waals surface area contributed by atoms with Crippen LogP contribution < -0.4 is 5.32 Å². The molecule has 27 heavy (non-hydrogen) atoms. The third kappa shape index (κ3) is 4.13. The maximum absolute atomic E-state index is 12.2. The molecule has 0 spiro atoms. The first-order valence-electron chi connectivity index (χ1n) is 8.19. The molecule has 0 unspecified atom stereocenters. The van der Waals surface area contributed by atoms with Gasteiger partial charge in [0.15, 0.2) is 0 Å². The van der Waals surface area contributed by atoms with Crippen molar-refractivity contribution in [2.24, 2.45) is 0 Å². The zero-order valence-electron chi connectivity index (χ0n) is 14.1. The van der Waals surface area contributed by atoms with E-state index in [1.165, 1.54) is 11.8 Å². The number of thioether (sulfide) groups is 1. The Morgan fingerprint density at radius 3 is 2.63 bits per heavy atom. The average Bonchev–Trinajstić information content (AvgIpc) is 3.15. The number of carbonyl (C=O) groups is 1. The van der Waals surface area contributed by atoms with E-state index in [9.17, 15) is 4.79 Å². The lowest BCUT2D eigenvalue weighted by atomic mass is 10.1. The molecule has 0 saturated carbocycles. The summed E-state index contributed by atoms with van der Waals surface area (Å²) in [5.41, 5.74) is 1.42. The van der Waals surface area contributed by atoms with Crippen molar-refractivity contribution in [3.63, 3.8) is 0 Å². The van der Waals surface area contributed by atoms with Gasteiger partial charge in [0.05, 0.1) is 16.3 Å². The van der Waals surface area contributed by atoms with Gasteiger partial charge in [0.2, 0.25) is 11.8 Å². The molecule has 1 amide bonds. The summed E-state index contributed by atoms with van der Waals surface area (Å²) in [5, 5.41) is 13.9. The SMILES string of the molecule is O=C(CSc1nnc(-c2ccccc2Cl)o1)Nc1ccc2ccccc2c1. The van der Waals surface area contributed by atoms with Crippen molar-refractivity contribution in [2.75, 3.05) is 11.1 Å². The van der Waals surface area contributed by atoms with Gasteiger partial charge in [-0.3, -0.25) is 4.79 Å². The number of aromatic nitrogens is 2. The Balaban J connectivity index is 1.38. The van der Waals surface area contributed by atoms with Crippen molar-refractivity contribution in [1.29, 1.82) is 0 Å². The first-order chi connectivity index (χ1) is 13.2. The van der Waals surface area contributed by atoms with Crippen LogP contribution in [0.5, 0.6) is 0 Å². The highest BCUT2D eigenvalue weighted by molar-refractivity contribution is 7.99. The van der Waals surface area contributed by atoms with Gasteiger partial charge in [0.1, 0.15) is 0 Å². The number of nitrogens with zero attached hydrogens (tertiary/aromatic N) is 2. The molecule has 0 fully saturated rings. The Kier molecular flexibility index (Phi) is 5.09. The first kappa shape index (κ1) is 17.6. The standard InChI is InChI=1S/C20H14ClN3O2S/c21-17-8-4-3-7-16(17)19-23-24-20(26-19)27-12-18(25)22-15-10-9-13-5-1-2-6-14(13)11-15/h1-11H,12H2,(H,22,25). The van der Waals surface area contributed by atoms with Gasteiger partial charge < -0.3 is 9.73 Å². The average molecular weight is 396 g/mol. The van der Waals surface area contributed by atoms with Crippen molar-refractivity contribution in [3.8, 4) is 11.5 Å². The number of amides is 1. The van der Waals surface area contributed by atoms with Gasteiger partial charge in [0, 0.05) is 5.69 Å². The van der Waals surface area contributed by atoms with Gasteiger partial charge in [-0.15, -0.1) is 10.2 Å². The van der Waals surface area contributed by atoms with Crippen molar-refractivity contribution in [3.05, 3.63) is 71.8 Å². The number of fused-ring (bicyclic) bond motifs is 1. The lowest BCUT2D eigenvalue weighted by Crippen LogP contribution is -2.13. The Labute approximate surface area is 164 Å². The second kappa shape index (κ2) is 7.82. The Morgan fingerprint density at radius 2 is 1.78 bits per heavy atom.